The normalized spacial score (nSPS) is 35.8. The molecule has 4 rings (SSSR count). The van der Waals surface area contributed by atoms with Crippen LogP contribution in [-0.2, 0) is 24.7 Å². The van der Waals surface area contributed by atoms with Crippen molar-refractivity contribution < 1.29 is 19.1 Å². The number of fused-ring (bicyclic) bond motifs is 5. The van der Waals surface area contributed by atoms with Crippen molar-refractivity contribution in [3.8, 4) is 0 Å². The van der Waals surface area contributed by atoms with Gasteiger partial charge in [0.15, 0.2) is 0 Å². The van der Waals surface area contributed by atoms with Crippen LogP contribution in [0.4, 0.5) is 0 Å². The highest BCUT2D eigenvalue weighted by molar-refractivity contribution is 6.10. The van der Waals surface area contributed by atoms with Gasteiger partial charge in [0, 0.05) is 7.05 Å². The number of hydrogen-bond acceptors (Lipinski definition) is 5. The lowest BCUT2D eigenvalue weighted by molar-refractivity contribution is -0.166. The predicted octanol–water partition coefficient (Wildman–Crippen LogP) is 1.59. The van der Waals surface area contributed by atoms with Gasteiger partial charge < -0.3 is 4.74 Å². The van der Waals surface area contributed by atoms with Gasteiger partial charge in [-0.1, -0.05) is 30.3 Å². The number of nitrogens with one attached hydrogen (secondary N) is 1. The average Bonchev–Trinajstić information content (AvgIpc) is 3.20. The van der Waals surface area contributed by atoms with Crippen molar-refractivity contribution in [3.63, 3.8) is 0 Å². The zero-order valence-electron chi connectivity index (χ0n) is 15.5. The molecule has 6 nitrogen and oxygen atoms in total. The minimum absolute atomic E-state index is 0.221. The van der Waals surface area contributed by atoms with E-state index in [1.54, 1.807) is 20.8 Å². The molecule has 3 heterocycles. The fourth-order valence-electron chi connectivity index (χ4n) is 4.97. The minimum Gasteiger partial charge on any atom is -0.459 e. The first-order chi connectivity index (χ1) is 12.1. The summed E-state index contributed by atoms with van der Waals surface area (Å²) in [6, 6.07) is 9.65. The van der Waals surface area contributed by atoms with Crippen LogP contribution in [0.1, 0.15) is 39.2 Å². The summed E-state index contributed by atoms with van der Waals surface area (Å²) >= 11 is 0. The Morgan fingerprint density at radius 1 is 1.12 bits per heavy atom. The van der Waals surface area contributed by atoms with Gasteiger partial charge in [0.2, 0.25) is 11.8 Å². The van der Waals surface area contributed by atoms with E-state index in [4.69, 9.17) is 4.74 Å². The second-order valence-corrected chi connectivity index (χ2v) is 8.63. The Labute approximate surface area is 152 Å². The number of rotatable bonds is 2. The third-order valence-electron chi connectivity index (χ3n) is 6.00. The molecule has 4 atom stereocenters. The minimum atomic E-state index is -1.15. The zero-order valence-corrected chi connectivity index (χ0v) is 15.5. The number of imide groups is 1. The molecule has 3 aliphatic heterocycles. The lowest BCUT2D eigenvalue weighted by atomic mass is 9.65. The van der Waals surface area contributed by atoms with Gasteiger partial charge >= 0.3 is 5.97 Å². The summed E-state index contributed by atoms with van der Waals surface area (Å²) < 4.78 is 5.67. The maximum absolute atomic E-state index is 13.1. The third kappa shape index (κ3) is 2.05. The molecular formula is C20H24N2O4. The zero-order chi connectivity index (χ0) is 18.9. The van der Waals surface area contributed by atoms with E-state index >= 15 is 0 Å². The highest BCUT2D eigenvalue weighted by Crippen LogP contribution is 2.60. The van der Waals surface area contributed by atoms with Gasteiger partial charge in [-0.25, -0.2) is 0 Å². The number of ether oxygens (including phenoxy) is 1. The molecule has 1 aromatic rings. The third-order valence-corrected chi connectivity index (χ3v) is 6.00. The van der Waals surface area contributed by atoms with E-state index in [1.165, 1.54) is 11.9 Å². The van der Waals surface area contributed by atoms with Crippen molar-refractivity contribution in [1.82, 2.24) is 10.2 Å². The molecule has 0 saturated carbocycles. The van der Waals surface area contributed by atoms with Crippen molar-refractivity contribution >= 4 is 17.8 Å². The maximum atomic E-state index is 13.1. The SMILES string of the molecule is CN1C(=O)[C@@H]2[C@H](C1=O)[C@@]1(c3ccccc3)CC[C@]2(C(=O)OC(C)(C)C)N1. The Morgan fingerprint density at radius 3 is 2.35 bits per heavy atom. The highest BCUT2D eigenvalue weighted by Gasteiger charge is 2.77. The number of likely N-dealkylation sites (tertiary alicyclic amines) is 1. The van der Waals surface area contributed by atoms with Crippen LogP contribution in [0.3, 0.4) is 0 Å². The summed E-state index contributed by atoms with van der Waals surface area (Å²) in [6.07, 6.45) is 1.09. The van der Waals surface area contributed by atoms with Crippen LogP contribution < -0.4 is 5.32 Å². The molecule has 3 aliphatic rings. The Balaban J connectivity index is 1.85. The van der Waals surface area contributed by atoms with E-state index < -0.39 is 34.5 Å². The van der Waals surface area contributed by atoms with Gasteiger partial charge in [-0.2, -0.15) is 0 Å². The van der Waals surface area contributed by atoms with Crippen LogP contribution in [0.5, 0.6) is 0 Å². The summed E-state index contributed by atoms with van der Waals surface area (Å²) in [4.78, 5) is 40.1. The van der Waals surface area contributed by atoms with Gasteiger partial charge in [0.25, 0.3) is 0 Å². The van der Waals surface area contributed by atoms with Crippen LogP contribution in [0.25, 0.3) is 0 Å². The van der Waals surface area contributed by atoms with Crippen LogP contribution in [0.2, 0.25) is 0 Å². The molecule has 26 heavy (non-hydrogen) atoms. The molecule has 6 heteroatoms. The second kappa shape index (κ2) is 5.16. The number of benzene rings is 1. The lowest BCUT2D eigenvalue weighted by Crippen LogP contribution is -2.55. The fourth-order valence-corrected chi connectivity index (χ4v) is 4.97. The first kappa shape index (κ1) is 17.2. The van der Waals surface area contributed by atoms with Crippen LogP contribution in [0, 0.1) is 11.8 Å². The maximum Gasteiger partial charge on any atom is 0.327 e. The Kier molecular flexibility index (Phi) is 3.42. The number of amides is 2. The van der Waals surface area contributed by atoms with Crippen LogP contribution in [-0.4, -0.2) is 40.9 Å². The summed E-state index contributed by atoms with van der Waals surface area (Å²) in [5.74, 6) is -2.25. The van der Waals surface area contributed by atoms with Gasteiger partial charge in [-0.3, -0.25) is 24.6 Å². The van der Waals surface area contributed by atoms with E-state index in [1.807, 2.05) is 30.3 Å². The molecule has 3 fully saturated rings. The van der Waals surface area contributed by atoms with Crippen molar-refractivity contribution in [2.24, 2.45) is 11.8 Å². The predicted molar refractivity (Wildman–Crippen MR) is 93.8 cm³/mol. The van der Waals surface area contributed by atoms with E-state index in [0.29, 0.717) is 12.8 Å². The Hall–Kier alpha value is -2.21. The number of nitrogens with zero attached hydrogens (tertiary/aromatic N) is 1. The second-order valence-electron chi connectivity index (χ2n) is 8.63. The van der Waals surface area contributed by atoms with E-state index in [-0.39, 0.29) is 11.8 Å². The van der Waals surface area contributed by atoms with Gasteiger partial charge in [-0.15, -0.1) is 0 Å². The van der Waals surface area contributed by atoms with E-state index in [9.17, 15) is 14.4 Å². The van der Waals surface area contributed by atoms with Crippen LogP contribution >= 0.6 is 0 Å². The van der Waals surface area contributed by atoms with Crippen molar-refractivity contribution in [2.45, 2.75) is 50.3 Å². The molecule has 1 aromatic carbocycles. The summed E-state index contributed by atoms with van der Waals surface area (Å²) in [7, 11) is 1.50. The largest absolute Gasteiger partial charge is 0.459 e. The molecule has 3 saturated heterocycles. The molecular weight excluding hydrogens is 332 g/mol. The van der Waals surface area contributed by atoms with E-state index in [2.05, 4.69) is 5.32 Å². The molecule has 138 valence electrons. The van der Waals surface area contributed by atoms with Gasteiger partial charge in [-0.05, 0) is 39.2 Å². The first-order valence-corrected chi connectivity index (χ1v) is 9.02. The number of carbonyl (C=O) groups is 3. The van der Waals surface area contributed by atoms with Gasteiger partial charge in [0.1, 0.15) is 11.1 Å². The Bertz CT molecular complexity index is 800. The molecule has 0 unspecified atom stereocenters. The molecule has 0 spiro atoms. The standard InChI is InChI=1S/C20H24N2O4/c1-18(2,3)26-17(25)20-11-10-19(21-20,12-8-6-5-7-9-12)13-14(20)16(24)22(4)15(13)23/h5-9,13-14,21H,10-11H2,1-4H3/t13-,14+,19+,20+/m1/s1. The quantitative estimate of drug-likeness (QED) is 0.643. The number of hydrogen-bond donors (Lipinski definition) is 1. The molecule has 0 radical (unpaired) electrons. The smallest absolute Gasteiger partial charge is 0.327 e. The molecule has 1 N–H and O–H groups in total. The Morgan fingerprint density at radius 2 is 1.73 bits per heavy atom. The molecule has 2 bridgehead atoms. The van der Waals surface area contributed by atoms with Crippen molar-refractivity contribution in [2.75, 3.05) is 7.05 Å². The lowest BCUT2D eigenvalue weighted by Gasteiger charge is -2.34. The topological polar surface area (TPSA) is 75.7 Å². The molecule has 2 amide bonds. The fraction of sp³-hybridized carbons (Fsp3) is 0.550. The average molecular weight is 356 g/mol. The van der Waals surface area contributed by atoms with Crippen molar-refractivity contribution in [1.29, 1.82) is 0 Å². The highest BCUT2D eigenvalue weighted by atomic mass is 16.6. The number of carbonyl (C=O) groups excluding carboxylic acids is 3. The molecule has 0 aliphatic carbocycles. The first-order valence-electron chi connectivity index (χ1n) is 9.02. The van der Waals surface area contributed by atoms with Gasteiger partial charge in [0.05, 0.1) is 17.4 Å². The van der Waals surface area contributed by atoms with Crippen LogP contribution in [0.15, 0.2) is 30.3 Å². The number of esters is 1. The summed E-state index contributed by atoms with van der Waals surface area (Å²) in [6.45, 7) is 5.42. The van der Waals surface area contributed by atoms with E-state index in [0.717, 1.165) is 5.56 Å². The monoisotopic (exact) mass is 356 g/mol. The van der Waals surface area contributed by atoms with Crippen molar-refractivity contribution in [3.05, 3.63) is 35.9 Å². The summed E-state index contributed by atoms with van der Waals surface area (Å²) in [5.41, 5.74) is -1.58. The summed E-state index contributed by atoms with van der Waals surface area (Å²) in [5, 5.41) is 3.43. The molecule has 0 aromatic heterocycles.